The van der Waals surface area contributed by atoms with Crippen molar-refractivity contribution in [1.29, 1.82) is 0 Å². The van der Waals surface area contributed by atoms with E-state index in [1.54, 1.807) is 29.2 Å². The average Bonchev–Trinajstić information content (AvgIpc) is 3.16. The first-order chi connectivity index (χ1) is 16.3. The predicted molar refractivity (Wildman–Crippen MR) is 119 cm³/mol. The Kier molecular flexibility index (Phi) is 5.39. The second-order valence-corrected chi connectivity index (χ2v) is 8.17. The van der Waals surface area contributed by atoms with Gasteiger partial charge in [-0.2, -0.15) is 23.4 Å². The number of hydrogen-bond donors (Lipinski definition) is 1. The molecule has 6 nitrogen and oxygen atoms in total. The van der Waals surface area contributed by atoms with E-state index in [0.29, 0.717) is 24.3 Å². The van der Waals surface area contributed by atoms with Crippen LogP contribution in [0.2, 0.25) is 0 Å². The summed E-state index contributed by atoms with van der Waals surface area (Å²) in [7, 11) is 0. The molecule has 0 saturated carbocycles. The van der Waals surface area contributed by atoms with E-state index in [9.17, 15) is 22.8 Å². The molecule has 0 fully saturated rings. The van der Waals surface area contributed by atoms with Crippen molar-refractivity contribution in [3.63, 3.8) is 0 Å². The summed E-state index contributed by atoms with van der Waals surface area (Å²) in [4.78, 5) is 27.0. The molecule has 9 heteroatoms. The molecule has 34 heavy (non-hydrogen) atoms. The van der Waals surface area contributed by atoms with Gasteiger partial charge in [-0.05, 0) is 47.9 Å². The van der Waals surface area contributed by atoms with Gasteiger partial charge >= 0.3 is 6.18 Å². The molecule has 2 amide bonds. The number of halogens is 3. The zero-order valence-corrected chi connectivity index (χ0v) is 17.8. The van der Waals surface area contributed by atoms with Gasteiger partial charge in [-0.1, -0.05) is 36.4 Å². The molecule has 3 aromatic rings. The van der Waals surface area contributed by atoms with Crippen molar-refractivity contribution in [1.82, 2.24) is 4.90 Å². The number of nitrogens with one attached hydrogen (secondary N) is 1. The molecule has 3 aromatic carbocycles. The fraction of sp³-hybridized carbons (Fsp3) is 0.200. The summed E-state index contributed by atoms with van der Waals surface area (Å²) in [5.41, 5.74) is 2.19. The number of nitrogens with zero attached hydrogens (tertiary/aromatic N) is 3. The molecule has 0 radical (unpaired) electrons. The quantitative estimate of drug-likeness (QED) is 0.507. The molecule has 2 aliphatic heterocycles. The van der Waals surface area contributed by atoms with Gasteiger partial charge in [-0.3, -0.25) is 9.59 Å². The molecule has 0 bridgehead atoms. The number of alkyl halides is 3. The third-order valence-electron chi connectivity index (χ3n) is 6.01. The average molecular weight is 464 g/mol. The Labute approximate surface area is 193 Å². The van der Waals surface area contributed by atoms with Crippen LogP contribution in [0.1, 0.15) is 38.7 Å². The van der Waals surface area contributed by atoms with E-state index >= 15 is 0 Å². The predicted octanol–water partition coefficient (Wildman–Crippen LogP) is 5.68. The van der Waals surface area contributed by atoms with Crippen LogP contribution in [0.15, 0.2) is 77.0 Å². The molecule has 0 aliphatic carbocycles. The summed E-state index contributed by atoms with van der Waals surface area (Å²) in [6.45, 7) is 1.18. The van der Waals surface area contributed by atoms with Gasteiger partial charge < -0.3 is 10.2 Å². The van der Waals surface area contributed by atoms with E-state index in [1.807, 2.05) is 18.2 Å². The molecular formula is C25H19F3N4O2. The van der Waals surface area contributed by atoms with Crippen molar-refractivity contribution in [2.24, 2.45) is 10.2 Å². The third kappa shape index (κ3) is 4.05. The number of amides is 2. The fourth-order valence-corrected chi connectivity index (χ4v) is 4.27. The summed E-state index contributed by atoms with van der Waals surface area (Å²) in [6.07, 6.45) is -3.79. The highest BCUT2D eigenvalue weighted by atomic mass is 19.4. The Bertz CT molecular complexity index is 1300. The van der Waals surface area contributed by atoms with Gasteiger partial charge in [0.2, 0.25) is 0 Å². The lowest BCUT2D eigenvalue weighted by Crippen LogP contribution is -2.35. The van der Waals surface area contributed by atoms with Crippen LogP contribution >= 0.6 is 0 Å². The van der Waals surface area contributed by atoms with Crippen LogP contribution in [0.4, 0.5) is 24.5 Å². The SMILES string of the molecule is O=C1Nc2c(cccc2C(F)(F)F)[C@H]1N=Nc1ccc(C(=O)N2CCc3ccccc3C2)cc1. The first-order valence-corrected chi connectivity index (χ1v) is 10.7. The topological polar surface area (TPSA) is 74.1 Å². The van der Waals surface area contributed by atoms with Crippen molar-refractivity contribution < 1.29 is 22.8 Å². The highest BCUT2D eigenvalue weighted by molar-refractivity contribution is 6.03. The minimum absolute atomic E-state index is 0.0956. The highest BCUT2D eigenvalue weighted by Crippen LogP contribution is 2.43. The van der Waals surface area contributed by atoms with E-state index in [2.05, 4.69) is 21.6 Å². The van der Waals surface area contributed by atoms with Crippen molar-refractivity contribution in [2.75, 3.05) is 11.9 Å². The number of benzene rings is 3. The lowest BCUT2D eigenvalue weighted by Gasteiger charge is -2.29. The molecule has 0 aromatic heterocycles. The maximum atomic E-state index is 13.2. The minimum Gasteiger partial charge on any atom is -0.334 e. The normalized spacial score (nSPS) is 17.4. The van der Waals surface area contributed by atoms with E-state index in [4.69, 9.17) is 0 Å². The van der Waals surface area contributed by atoms with Crippen molar-refractivity contribution in [3.8, 4) is 0 Å². The molecule has 5 rings (SSSR count). The molecule has 2 heterocycles. The lowest BCUT2D eigenvalue weighted by molar-refractivity contribution is -0.136. The van der Waals surface area contributed by atoms with Gasteiger partial charge in [0.15, 0.2) is 6.04 Å². The molecule has 172 valence electrons. The maximum Gasteiger partial charge on any atom is 0.418 e. The smallest absolute Gasteiger partial charge is 0.334 e. The number of hydrogen-bond acceptors (Lipinski definition) is 4. The molecular weight excluding hydrogens is 445 g/mol. The summed E-state index contributed by atoms with van der Waals surface area (Å²) in [6, 6.07) is 16.9. The van der Waals surface area contributed by atoms with Crippen molar-refractivity contribution >= 4 is 23.2 Å². The molecule has 0 saturated heterocycles. The minimum atomic E-state index is -4.59. The van der Waals surface area contributed by atoms with Gasteiger partial charge in [0, 0.05) is 24.2 Å². The number of carbonyl (C=O) groups excluding carboxylic acids is 2. The van der Waals surface area contributed by atoms with Crippen LogP contribution in [-0.4, -0.2) is 23.3 Å². The Morgan fingerprint density at radius 1 is 0.971 bits per heavy atom. The van der Waals surface area contributed by atoms with Gasteiger partial charge in [0.05, 0.1) is 16.9 Å². The first kappa shape index (κ1) is 21.8. The maximum absolute atomic E-state index is 13.2. The molecule has 2 aliphatic rings. The Hall–Kier alpha value is -4.01. The Balaban J connectivity index is 1.31. The summed E-state index contributed by atoms with van der Waals surface area (Å²) in [5, 5.41) is 10.3. The molecule has 1 N–H and O–H groups in total. The zero-order valence-electron chi connectivity index (χ0n) is 17.8. The van der Waals surface area contributed by atoms with E-state index in [-0.39, 0.29) is 17.2 Å². The monoisotopic (exact) mass is 464 g/mol. The Morgan fingerprint density at radius 2 is 1.71 bits per heavy atom. The fourth-order valence-electron chi connectivity index (χ4n) is 4.27. The van der Waals surface area contributed by atoms with Crippen LogP contribution in [0.3, 0.4) is 0 Å². The van der Waals surface area contributed by atoms with Crippen molar-refractivity contribution in [2.45, 2.75) is 25.2 Å². The van der Waals surface area contributed by atoms with Crippen LogP contribution in [-0.2, 0) is 23.9 Å². The van der Waals surface area contributed by atoms with E-state index in [1.165, 1.54) is 17.7 Å². The Morgan fingerprint density at radius 3 is 2.44 bits per heavy atom. The second-order valence-electron chi connectivity index (χ2n) is 8.17. The van der Waals surface area contributed by atoms with Crippen molar-refractivity contribution in [3.05, 3.63) is 94.5 Å². The van der Waals surface area contributed by atoms with Crippen LogP contribution in [0.25, 0.3) is 0 Å². The van der Waals surface area contributed by atoms with E-state index < -0.39 is 23.7 Å². The highest BCUT2D eigenvalue weighted by Gasteiger charge is 2.40. The standard InChI is InChI=1S/C25H19F3N4O2/c26-25(27,28)20-7-3-6-19-21(20)29-23(33)22(19)31-30-18-10-8-16(9-11-18)24(34)32-13-12-15-4-1-2-5-17(15)14-32/h1-11,22H,12-14H2,(H,29,33)/t22-/m1/s1. The number of azo groups is 1. The summed E-state index contributed by atoms with van der Waals surface area (Å²) < 4.78 is 39.7. The number of fused-ring (bicyclic) bond motifs is 2. The van der Waals surface area contributed by atoms with Crippen LogP contribution < -0.4 is 5.32 Å². The second kappa shape index (κ2) is 8.40. The summed E-state index contributed by atoms with van der Waals surface area (Å²) >= 11 is 0. The van der Waals surface area contributed by atoms with Gasteiger partial charge in [-0.15, -0.1) is 0 Å². The number of carbonyl (C=O) groups is 2. The van der Waals surface area contributed by atoms with Gasteiger partial charge in [0.25, 0.3) is 11.8 Å². The molecule has 0 unspecified atom stereocenters. The zero-order chi connectivity index (χ0) is 23.9. The van der Waals surface area contributed by atoms with Crippen LogP contribution in [0, 0.1) is 0 Å². The number of anilines is 1. The lowest BCUT2D eigenvalue weighted by atomic mass is 9.99. The number of rotatable bonds is 3. The number of para-hydroxylation sites is 1. The molecule has 0 spiro atoms. The summed E-state index contributed by atoms with van der Waals surface area (Å²) in [5.74, 6) is -0.769. The third-order valence-corrected chi connectivity index (χ3v) is 6.01. The molecule has 1 atom stereocenters. The van der Waals surface area contributed by atoms with Gasteiger partial charge in [0.1, 0.15) is 0 Å². The van der Waals surface area contributed by atoms with Crippen LogP contribution in [0.5, 0.6) is 0 Å². The van der Waals surface area contributed by atoms with Gasteiger partial charge in [-0.25, -0.2) is 0 Å². The van der Waals surface area contributed by atoms with E-state index in [0.717, 1.165) is 18.1 Å². The first-order valence-electron chi connectivity index (χ1n) is 10.7. The largest absolute Gasteiger partial charge is 0.418 e.